The summed E-state index contributed by atoms with van der Waals surface area (Å²) < 4.78 is 10.3. The first kappa shape index (κ1) is 14.1. The quantitative estimate of drug-likeness (QED) is 0.762. The maximum absolute atomic E-state index is 5.26. The predicted octanol–water partition coefficient (Wildman–Crippen LogP) is 1.95. The van der Waals surface area contributed by atoms with Gasteiger partial charge in [-0.25, -0.2) is 0 Å². The fourth-order valence-corrected chi connectivity index (χ4v) is 1.60. The van der Waals surface area contributed by atoms with E-state index in [1.54, 1.807) is 6.26 Å². The second kappa shape index (κ2) is 7.32. The van der Waals surface area contributed by atoms with Crippen molar-refractivity contribution in [3.8, 4) is 6.01 Å². The maximum atomic E-state index is 5.26. The van der Waals surface area contributed by atoms with Crippen LogP contribution in [0.4, 0.5) is 11.9 Å². The van der Waals surface area contributed by atoms with E-state index in [0.717, 1.165) is 25.1 Å². The lowest BCUT2D eigenvalue weighted by molar-refractivity contribution is 0.379. The number of nitrogens with one attached hydrogen (secondary N) is 2. The molecule has 0 saturated heterocycles. The van der Waals surface area contributed by atoms with Gasteiger partial charge in [0.2, 0.25) is 11.9 Å². The van der Waals surface area contributed by atoms with E-state index in [-0.39, 0.29) is 0 Å². The van der Waals surface area contributed by atoms with Gasteiger partial charge in [0.15, 0.2) is 0 Å². The van der Waals surface area contributed by atoms with E-state index >= 15 is 0 Å². The fourth-order valence-electron chi connectivity index (χ4n) is 1.60. The van der Waals surface area contributed by atoms with Crippen molar-refractivity contribution in [2.75, 3.05) is 30.8 Å². The van der Waals surface area contributed by atoms with Crippen molar-refractivity contribution in [3.05, 3.63) is 24.2 Å². The first-order valence-electron chi connectivity index (χ1n) is 6.62. The van der Waals surface area contributed by atoms with Crippen LogP contribution >= 0.6 is 0 Å². The van der Waals surface area contributed by atoms with E-state index in [4.69, 9.17) is 9.15 Å². The zero-order valence-corrected chi connectivity index (χ0v) is 11.7. The van der Waals surface area contributed by atoms with E-state index in [2.05, 4.69) is 32.5 Å². The van der Waals surface area contributed by atoms with Crippen LogP contribution in [0.25, 0.3) is 0 Å². The molecule has 2 rings (SSSR count). The minimum Gasteiger partial charge on any atom is -0.469 e. The van der Waals surface area contributed by atoms with Crippen LogP contribution in [0.1, 0.15) is 19.1 Å². The van der Waals surface area contributed by atoms with Gasteiger partial charge < -0.3 is 19.8 Å². The molecule has 0 aromatic carbocycles. The van der Waals surface area contributed by atoms with E-state index in [1.807, 2.05) is 12.1 Å². The molecule has 108 valence electrons. The van der Waals surface area contributed by atoms with Crippen LogP contribution in [-0.4, -0.2) is 35.2 Å². The molecule has 7 nitrogen and oxygen atoms in total. The van der Waals surface area contributed by atoms with E-state index in [9.17, 15) is 0 Å². The normalized spacial score (nSPS) is 10.3. The maximum Gasteiger partial charge on any atom is 0.322 e. The highest BCUT2D eigenvalue weighted by molar-refractivity contribution is 5.35. The molecule has 2 aromatic heterocycles. The topological polar surface area (TPSA) is 85.1 Å². The molecule has 0 atom stereocenters. The van der Waals surface area contributed by atoms with Crippen LogP contribution in [-0.2, 0) is 6.42 Å². The molecule has 0 spiro atoms. The second-order valence-electron chi connectivity index (χ2n) is 4.15. The van der Waals surface area contributed by atoms with Gasteiger partial charge in [-0.05, 0) is 18.6 Å². The van der Waals surface area contributed by atoms with Gasteiger partial charge in [-0.2, -0.15) is 15.0 Å². The molecular weight excluding hydrogens is 258 g/mol. The highest BCUT2D eigenvalue weighted by Crippen LogP contribution is 2.11. The molecule has 0 fully saturated rings. The lowest BCUT2D eigenvalue weighted by Gasteiger charge is -2.08. The summed E-state index contributed by atoms with van der Waals surface area (Å²) in [6, 6.07) is 4.09. The third-order valence-electron chi connectivity index (χ3n) is 2.57. The molecule has 20 heavy (non-hydrogen) atoms. The first-order valence-corrected chi connectivity index (χ1v) is 6.62. The van der Waals surface area contributed by atoms with Gasteiger partial charge in [-0.3, -0.25) is 0 Å². The monoisotopic (exact) mass is 277 g/mol. The molecule has 0 unspecified atom stereocenters. The Morgan fingerprint density at radius 3 is 2.50 bits per heavy atom. The molecule has 2 aromatic rings. The Hall–Kier alpha value is -2.31. The molecule has 0 bridgehead atoms. The van der Waals surface area contributed by atoms with Gasteiger partial charge in [0.05, 0.1) is 13.4 Å². The third-order valence-corrected chi connectivity index (χ3v) is 2.57. The first-order chi connectivity index (χ1) is 9.81. The Morgan fingerprint density at radius 2 is 1.90 bits per heavy atom. The zero-order valence-electron chi connectivity index (χ0n) is 11.7. The fraction of sp³-hybridized carbons (Fsp3) is 0.462. The number of methoxy groups -OCH3 is 1. The molecule has 0 amide bonds. The standard InChI is InChI=1S/C13H19N5O2/c1-3-7-14-11-16-12(18-13(17-11)19-2)15-8-6-10-5-4-9-20-10/h4-5,9H,3,6-8H2,1-2H3,(H2,14,15,16,17,18). The van der Waals surface area contributed by atoms with Gasteiger partial charge in [0.1, 0.15) is 5.76 Å². The Kier molecular flexibility index (Phi) is 5.16. The highest BCUT2D eigenvalue weighted by atomic mass is 16.5. The van der Waals surface area contributed by atoms with E-state index < -0.39 is 0 Å². The Bertz CT molecular complexity index is 515. The number of nitrogens with zero attached hydrogens (tertiary/aromatic N) is 3. The predicted molar refractivity (Wildman–Crippen MR) is 76.1 cm³/mol. The number of furan rings is 1. The average molecular weight is 277 g/mol. The van der Waals surface area contributed by atoms with Crippen LogP contribution in [0.2, 0.25) is 0 Å². The molecule has 2 heterocycles. The van der Waals surface area contributed by atoms with Gasteiger partial charge in [-0.15, -0.1) is 0 Å². The summed E-state index contributed by atoms with van der Waals surface area (Å²) in [5, 5.41) is 6.24. The van der Waals surface area contributed by atoms with Crippen LogP contribution in [0, 0.1) is 0 Å². The van der Waals surface area contributed by atoms with Crippen LogP contribution < -0.4 is 15.4 Å². The molecule has 0 saturated carbocycles. The lowest BCUT2D eigenvalue weighted by atomic mass is 10.3. The minimum absolute atomic E-state index is 0.291. The zero-order chi connectivity index (χ0) is 14.2. The largest absolute Gasteiger partial charge is 0.469 e. The van der Waals surface area contributed by atoms with Crippen LogP contribution in [0.15, 0.2) is 22.8 Å². The van der Waals surface area contributed by atoms with Crippen molar-refractivity contribution in [1.82, 2.24) is 15.0 Å². The number of hydrogen-bond acceptors (Lipinski definition) is 7. The Balaban J connectivity index is 1.94. The summed E-state index contributed by atoms with van der Waals surface area (Å²) in [4.78, 5) is 12.6. The van der Waals surface area contributed by atoms with Crippen LogP contribution in [0.5, 0.6) is 6.01 Å². The number of aromatic nitrogens is 3. The Morgan fingerprint density at radius 1 is 1.15 bits per heavy atom. The van der Waals surface area contributed by atoms with Crippen molar-refractivity contribution in [2.45, 2.75) is 19.8 Å². The van der Waals surface area contributed by atoms with Crippen molar-refractivity contribution < 1.29 is 9.15 Å². The molecule has 2 N–H and O–H groups in total. The van der Waals surface area contributed by atoms with Crippen molar-refractivity contribution in [2.24, 2.45) is 0 Å². The lowest BCUT2D eigenvalue weighted by Crippen LogP contribution is -2.12. The second-order valence-corrected chi connectivity index (χ2v) is 4.15. The summed E-state index contributed by atoms with van der Waals surface area (Å²) in [7, 11) is 1.53. The summed E-state index contributed by atoms with van der Waals surface area (Å²) >= 11 is 0. The van der Waals surface area contributed by atoms with Gasteiger partial charge in [0, 0.05) is 19.5 Å². The molecule has 0 aliphatic carbocycles. The molecule has 0 aliphatic rings. The van der Waals surface area contributed by atoms with Gasteiger partial charge in [-0.1, -0.05) is 6.92 Å². The number of hydrogen-bond donors (Lipinski definition) is 2. The van der Waals surface area contributed by atoms with Gasteiger partial charge in [0.25, 0.3) is 0 Å². The number of ether oxygens (including phenoxy) is 1. The van der Waals surface area contributed by atoms with Gasteiger partial charge >= 0.3 is 6.01 Å². The van der Waals surface area contributed by atoms with E-state index in [0.29, 0.717) is 24.5 Å². The van der Waals surface area contributed by atoms with Crippen molar-refractivity contribution in [1.29, 1.82) is 0 Å². The molecular formula is C13H19N5O2. The minimum atomic E-state index is 0.291. The highest BCUT2D eigenvalue weighted by Gasteiger charge is 2.06. The summed E-state index contributed by atoms with van der Waals surface area (Å²) in [6.07, 6.45) is 3.42. The van der Waals surface area contributed by atoms with Crippen molar-refractivity contribution >= 4 is 11.9 Å². The van der Waals surface area contributed by atoms with Crippen LogP contribution in [0.3, 0.4) is 0 Å². The summed E-state index contributed by atoms with van der Waals surface area (Å²) in [6.45, 7) is 3.56. The number of anilines is 2. The molecule has 0 aliphatic heterocycles. The summed E-state index contributed by atoms with van der Waals surface area (Å²) in [5.74, 6) is 1.92. The van der Waals surface area contributed by atoms with E-state index in [1.165, 1.54) is 7.11 Å². The summed E-state index contributed by atoms with van der Waals surface area (Å²) in [5.41, 5.74) is 0. The molecule has 7 heteroatoms. The SMILES string of the molecule is CCCNc1nc(NCCc2ccco2)nc(OC)n1. The molecule has 0 radical (unpaired) electrons. The smallest absolute Gasteiger partial charge is 0.322 e. The average Bonchev–Trinajstić information content (AvgIpc) is 2.98. The van der Waals surface area contributed by atoms with Crippen molar-refractivity contribution in [3.63, 3.8) is 0 Å². The third kappa shape index (κ3) is 4.11. The Labute approximate surface area is 117 Å². The number of rotatable bonds is 8.